The monoisotopic (exact) mass is 272 g/mol. The second-order valence-electron chi connectivity index (χ2n) is 1.15. The first-order valence-electron chi connectivity index (χ1n) is 2.00. The summed E-state index contributed by atoms with van der Waals surface area (Å²) in [7, 11) is 0. The van der Waals surface area contributed by atoms with Crippen LogP contribution < -0.4 is 0 Å². The summed E-state index contributed by atoms with van der Waals surface area (Å²) in [5.41, 5.74) is 0. The average molecular weight is 270 g/mol. The summed E-state index contributed by atoms with van der Waals surface area (Å²) in [6, 6.07) is 12.0. The summed E-state index contributed by atoms with van der Waals surface area (Å²) in [5, 5.41) is 0. The summed E-state index contributed by atoms with van der Waals surface area (Å²) < 4.78 is 0. The van der Waals surface area contributed by atoms with Crippen LogP contribution in [0.1, 0.15) is 0 Å². The standard InChI is InChI=1S/C6H6.Os.2H/c1-2-4-6-5-3-1;;;/h1-6H;;;. The SMILES string of the molecule is [OsH2].c1ccccc1. The number of benzene rings is 1. The van der Waals surface area contributed by atoms with E-state index in [1.165, 1.54) is 0 Å². The van der Waals surface area contributed by atoms with Crippen LogP contribution in [-0.2, 0) is 19.8 Å². The van der Waals surface area contributed by atoms with E-state index in [9.17, 15) is 0 Å². The van der Waals surface area contributed by atoms with Gasteiger partial charge < -0.3 is 0 Å². The van der Waals surface area contributed by atoms with Gasteiger partial charge >= 0.3 is 19.8 Å². The van der Waals surface area contributed by atoms with Gasteiger partial charge in [0.2, 0.25) is 0 Å². The van der Waals surface area contributed by atoms with Crippen LogP contribution in [0.3, 0.4) is 0 Å². The third-order valence-electron chi connectivity index (χ3n) is 0.667. The van der Waals surface area contributed by atoms with E-state index in [0.29, 0.717) is 0 Å². The van der Waals surface area contributed by atoms with Crippen molar-refractivity contribution in [2.75, 3.05) is 0 Å². The minimum atomic E-state index is 0. The first-order valence-corrected chi connectivity index (χ1v) is 2.00. The van der Waals surface area contributed by atoms with Gasteiger partial charge in [-0.25, -0.2) is 0 Å². The van der Waals surface area contributed by atoms with Gasteiger partial charge in [0.15, 0.2) is 0 Å². The average Bonchev–Trinajstić information content (AvgIpc) is 1.72. The van der Waals surface area contributed by atoms with Crippen molar-refractivity contribution in [3.8, 4) is 0 Å². The molecule has 0 spiro atoms. The van der Waals surface area contributed by atoms with Gasteiger partial charge in [-0.1, -0.05) is 36.4 Å². The van der Waals surface area contributed by atoms with Crippen molar-refractivity contribution in [3.63, 3.8) is 0 Å². The Morgan fingerprint density at radius 3 is 0.714 bits per heavy atom. The Morgan fingerprint density at radius 2 is 0.571 bits per heavy atom. The molecule has 0 fully saturated rings. The molecule has 0 aliphatic carbocycles. The molecule has 1 aromatic rings. The Kier molecular flexibility index (Phi) is 3.94. The predicted octanol–water partition coefficient (Wildman–Crippen LogP) is 1.15. The van der Waals surface area contributed by atoms with Gasteiger partial charge in [-0.2, -0.15) is 0 Å². The Morgan fingerprint density at radius 1 is 0.429 bits per heavy atom. The summed E-state index contributed by atoms with van der Waals surface area (Å²) in [5.74, 6) is 0. The van der Waals surface area contributed by atoms with Crippen molar-refractivity contribution in [3.05, 3.63) is 36.4 Å². The van der Waals surface area contributed by atoms with Crippen molar-refractivity contribution < 1.29 is 19.8 Å². The van der Waals surface area contributed by atoms with E-state index in [1.54, 1.807) is 0 Å². The molecule has 0 unspecified atom stereocenters. The Hall–Kier alpha value is -0.144. The van der Waals surface area contributed by atoms with Crippen LogP contribution in [0.2, 0.25) is 0 Å². The second-order valence-corrected chi connectivity index (χ2v) is 1.15. The zero-order chi connectivity index (χ0) is 4.24. The first-order chi connectivity index (χ1) is 3.00. The largest absolute Gasteiger partial charge is 0.0623 e. The molecule has 0 aromatic heterocycles. The van der Waals surface area contributed by atoms with E-state index in [2.05, 4.69) is 0 Å². The van der Waals surface area contributed by atoms with Gasteiger partial charge in [-0.05, 0) is 0 Å². The van der Waals surface area contributed by atoms with E-state index in [-0.39, 0.29) is 19.8 Å². The molecule has 0 nitrogen and oxygen atoms in total. The van der Waals surface area contributed by atoms with Gasteiger partial charge in [0, 0.05) is 0 Å². The van der Waals surface area contributed by atoms with Crippen LogP contribution in [0.4, 0.5) is 0 Å². The quantitative estimate of drug-likeness (QED) is 0.663. The molecule has 1 aromatic carbocycles. The molecule has 1 heteroatoms. The van der Waals surface area contributed by atoms with E-state index in [1.807, 2.05) is 36.4 Å². The normalized spacial score (nSPS) is 6.86. The number of rotatable bonds is 0. The van der Waals surface area contributed by atoms with Gasteiger partial charge in [0.1, 0.15) is 0 Å². The molecule has 0 aliphatic rings. The Bertz CT molecular complexity index is 76.1. The summed E-state index contributed by atoms with van der Waals surface area (Å²) in [4.78, 5) is 0. The molecule has 7 heavy (non-hydrogen) atoms. The number of hydrogen-bond acceptors (Lipinski definition) is 0. The third-order valence-corrected chi connectivity index (χ3v) is 0.667. The molecule has 0 N–H and O–H groups in total. The van der Waals surface area contributed by atoms with Crippen molar-refractivity contribution in [1.29, 1.82) is 0 Å². The molecule has 1 rings (SSSR count). The molecular formula is C6H8Os. The fraction of sp³-hybridized carbons (Fsp3) is 0. The minimum absolute atomic E-state index is 0. The smallest absolute Gasteiger partial charge is 0.0623 e. The maximum Gasteiger partial charge on any atom is -0.0623 e. The molecule has 0 saturated heterocycles. The summed E-state index contributed by atoms with van der Waals surface area (Å²) in [6.45, 7) is 0. The molecule has 0 amide bonds. The third kappa shape index (κ3) is 2.54. The van der Waals surface area contributed by atoms with E-state index < -0.39 is 0 Å². The van der Waals surface area contributed by atoms with Crippen LogP contribution in [0.25, 0.3) is 0 Å². The maximum atomic E-state index is 2.00. The molecular weight excluding hydrogens is 262 g/mol. The van der Waals surface area contributed by atoms with Crippen LogP contribution in [0, 0.1) is 0 Å². The topological polar surface area (TPSA) is 0 Å². The van der Waals surface area contributed by atoms with Gasteiger partial charge in [0.05, 0.1) is 0 Å². The van der Waals surface area contributed by atoms with Crippen molar-refractivity contribution in [2.24, 2.45) is 0 Å². The Balaban J connectivity index is 0.000000360. The number of hydrogen-bond donors (Lipinski definition) is 0. The Labute approximate surface area is 56.6 Å². The predicted molar refractivity (Wildman–Crippen MR) is 29.2 cm³/mol. The second kappa shape index (κ2) is 4.03. The molecule has 0 heterocycles. The van der Waals surface area contributed by atoms with Gasteiger partial charge in [0.25, 0.3) is 0 Å². The van der Waals surface area contributed by atoms with Crippen LogP contribution in [-0.4, -0.2) is 0 Å². The van der Waals surface area contributed by atoms with Crippen LogP contribution in [0.15, 0.2) is 36.4 Å². The molecule has 0 radical (unpaired) electrons. The summed E-state index contributed by atoms with van der Waals surface area (Å²) >= 11 is 0. The van der Waals surface area contributed by atoms with Crippen molar-refractivity contribution in [1.82, 2.24) is 0 Å². The maximum absolute atomic E-state index is 2.00. The molecule has 40 valence electrons. The molecule has 0 bridgehead atoms. The first kappa shape index (κ1) is 6.86. The van der Waals surface area contributed by atoms with Crippen molar-refractivity contribution >= 4 is 0 Å². The zero-order valence-electron chi connectivity index (χ0n) is 3.87. The van der Waals surface area contributed by atoms with Crippen LogP contribution in [0.5, 0.6) is 0 Å². The van der Waals surface area contributed by atoms with E-state index in [0.717, 1.165) is 0 Å². The minimum Gasteiger partial charge on any atom is -0.0623 e. The fourth-order valence-electron chi connectivity index (χ4n) is 0.385. The zero-order valence-corrected chi connectivity index (χ0v) is 6.81. The summed E-state index contributed by atoms with van der Waals surface area (Å²) in [6.07, 6.45) is 0. The van der Waals surface area contributed by atoms with Gasteiger partial charge in [-0.3, -0.25) is 0 Å². The molecule has 0 saturated carbocycles. The fourth-order valence-corrected chi connectivity index (χ4v) is 0.385. The van der Waals surface area contributed by atoms with Crippen molar-refractivity contribution in [2.45, 2.75) is 0 Å². The molecule has 0 atom stereocenters. The van der Waals surface area contributed by atoms with E-state index in [4.69, 9.17) is 0 Å². The molecule has 0 aliphatic heterocycles. The van der Waals surface area contributed by atoms with Gasteiger partial charge in [-0.15, -0.1) is 0 Å². The van der Waals surface area contributed by atoms with Crippen LogP contribution >= 0.6 is 0 Å². The van der Waals surface area contributed by atoms with E-state index >= 15 is 0 Å².